The van der Waals surface area contributed by atoms with Crippen LogP contribution < -0.4 is 0 Å². The van der Waals surface area contributed by atoms with Crippen molar-refractivity contribution in [2.75, 3.05) is 0 Å². The summed E-state index contributed by atoms with van der Waals surface area (Å²) in [6.07, 6.45) is 0. The molecular formula is C6H14B6O2. The molecule has 0 amide bonds. The van der Waals surface area contributed by atoms with Crippen LogP contribution in [0.2, 0.25) is 11.6 Å². The lowest BCUT2D eigenvalue weighted by Gasteiger charge is -2.50. The first-order chi connectivity index (χ1) is 6.22. The number of ether oxygens (including phenoxy) is 2. The molecule has 8 heteroatoms. The molecule has 1 saturated carbocycles. The van der Waals surface area contributed by atoms with Crippen LogP contribution in [0.25, 0.3) is 0 Å². The maximum Gasteiger partial charge on any atom is 0.135 e. The van der Waals surface area contributed by atoms with Gasteiger partial charge in [-0.3, -0.25) is 0 Å². The number of hydrogen-bond donors (Lipinski definition) is 0. The zero-order chi connectivity index (χ0) is 10.6. The molecule has 0 bridgehead atoms. The zero-order valence-electron chi connectivity index (χ0n) is 9.97. The lowest BCUT2D eigenvalue weighted by atomic mass is 9.31. The van der Waals surface area contributed by atoms with Gasteiger partial charge in [-0.15, -0.1) is 0 Å². The fourth-order valence-electron chi connectivity index (χ4n) is 4.52. The van der Waals surface area contributed by atoms with Crippen LogP contribution in [0.15, 0.2) is 0 Å². The van der Waals surface area contributed by atoms with Gasteiger partial charge in [0.05, 0.1) is 11.2 Å². The molecule has 2 nitrogen and oxygen atoms in total. The summed E-state index contributed by atoms with van der Waals surface area (Å²) in [6, 6.07) is 0. The van der Waals surface area contributed by atoms with E-state index in [-0.39, 0.29) is 22.0 Å². The standard InChI is InChI=1S/C6H14B6O2/c7-1-3(5(9,10)13-3)2(8)4(1)6(11,12)14-4/h1-2H,7-12H2. The van der Waals surface area contributed by atoms with Crippen LogP contribution in [0.4, 0.5) is 0 Å². The molecular weight excluding hydrogens is 169 g/mol. The quantitative estimate of drug-likeness (QED) is 0.276. The maximum atomic E-state index is 5.94. The smallest absolute Gasteiger partial charge is 0.135 e. The summed E-state index contributed by atoms with van der Waals surface area (Å²) in [7, 11) is 13.3. The fraction of sp³-hybridized carbons (Fsp3) is 1.00. The molecule has 2 heterocycles. The van der Waals surface area contributed by atoms with Crippen molar-refractivity contribution in [1.82, 2.24) is 0 Å². The SMILES string of the molecule is BC1C2(OC2(B)B)C(B)C12OC2(B)B. The molecule has 3 aliphatic rings. The van der Waals surface area contributed by atoms with E-state index in [0.717, 1.165) is 0 Å². The molecule has 1 aliphatic carbocycles. The Morgan fingerprint density at radius 2 is 0.929 bits per heavy atom. The Labute approximate surface area is 90.7 Å². The van der Waals surface area contributed by atoms with Gasteiger partial charge < -0.3 is 9.47 Å². The Morgan fingerprint density at radius 1 is 0.714 bits per heavy atom. The van der Waals surface area contributed by atoms with Gasteiger partial charge in [-0.1, -0.05) is 0 Å². The van der Waals surface area contributed by atoms with E-state index in [4.69, 9.17) is 9.47 Å². The van der Waals surface area contributed by atoms with Crippen molar-refractivity contribution in [3.63, 3.8) is 0 Å². The number of epoxide rings is 2. The Hall–Kier alpha value is 0.310. The second-order valence-corrected chi connectivity index (χ2v) is 6.25. The van der Waals surface area contributed by atoms with Gasteiger partial charge in [0, 0.05) is 10.8 Å². The Morgan fingerprint density at radius 3 is 1.07 bits per heavy atom. The average molecular weight is 183 g/mol. The van der Waals surface area contributed by atoms with Crippen molar-refractivity contribution >= 4 is 47.1 Å². The van der Waals surface area contributed by atoms with Crippen molar-refractivity contribution in [3.8, 4) is 0 Å². The van der Waals surface area contributed by atoms with E-state index >= 15 is 0 Å². The first-order valence-electron chi connectivity index (χ1n) is 5.63. The van der Waals surface area contributed by atoms with Crippen molar-refractivity contribution in [1.29, 1.82) is 0 Å². The molecule has 14 heavy (non-hydrogen) atoms. The van der Waals surface area contributed by atoms with Gasteiger partial charge in [-0.25, -0.2) is 0 Å². The lowest BCUT2D eigenvalue weighted by molar-refractivity contribution is 0.0868. The largest absolute Gasteiger partial charge is 0.383 e. The van der Waals surface area contributed by atoms with Gasteiger partial charge in [0.1, 0.15) is 47.1 Å². The summed E-state index contributed by atoms with van der Waals surface area (Å²) < 4.78 is 11.9. The molecule has 0 atom stereocenters. The molecule has 2 saturated heterocycles. The molecule has 0 aromatic carbocycles. The Balaban J connectivity index is 1.93. The topological polar surface area (TPSA) is 25.1 Å². The van der Waals surface area contributed by atoms with Crippen LogP contribution in [-0.2, 0) is 9.47 Å². The van der Waals surface area contributed by atoms with E-state index in [1.165, 1.54) is 0 Å². The predicted octanol–water partition coefficient (Wildman–Crippen LogP) is -5.78. The summed E-state index contributed by atoms with van der Waals surface area (Å²) in [6.45, 7) is 0. The molecule has 0 radical (unpaired) electrons. The monoisotopic (exact) mass is 184 g/mol. The molecule has 0 aromatic heterocycles. The van der Waals surface area contributed by atoms with Gasteiger partial charge in [0.25, 0.3) is 0 Å². The maximum absolute atomic E-state index is 5.94. The van der Waals surface area contributed by atoms with Crippen molar-refractivity contribution in [2.24, 2.45) is 0 Å². The highest BCUT2D eigenvalue weighted by Crippen LogP contribution is 2.81. The number of hydrogen-bond acceptors (Lipinski definition) is 2. The molecule has 3 rings (SSSR count). The van der Waals surface area contributed by atoms with Gasteiger partial charge in [-0.05, 0) is 11.6 Å². The van der Waals surface area contributed by atoms with E-state index in [9.17, 15) is 0 Å². The van der Waals surface area contributed by atoms with Gasteiger partial charge in [0.2, 0.25) is 0 Å². The highest BCUT2D eigenvalue weighted by molar-refractivity contribution is 6.48. The van der Waals surface area contributed by atoms with Crippen LogP contribution in [0, 0.1) is 0 Å². The molecule has 2 aliphatic heterocycles. The van der Waals surface area contributed by atoms with Crippen molar-refractivity contribution < 1.29 is 9.47 Å². The number of rotatable bonds is 0. The molecule has 0 N–H and O–H groups in total. The van der Waals surface area contributed by atoms with Crippen LogP contribution in [-0.4, -0.2) is 69.1 Å². The normalized spacial score (nSPS) is 60.9. The predicted molar refractivity (Wildman–Crippen MR) is 71.9 cm³/mol. The first kappa shape index (κ1) is 9.53. The average Bonchev–Trinajstić information content (AvgIpc) is 2.84. The highest BCUT2D eigenvalue weighted by atomic mass is 16.7. The van der Waals surface area contributed by atoms with Crippen LogP contribution >= 0.6 is 0 Å². The summed E-state index contributed by atoms with van der Waals surface area (Å²) in [5.41, 5.74) is 0.224. The minimum absolute atomic E-state index is 0.0686. The van der Waals surface area contributed by atoms with Crippen LogP contribution in [0.1, 0.15) is 0 Å². The summed E-state index contributed by atoms with van der Waals surface area (Å²) in [5, 5.41) is 0.137. The summed E-state index contributed by atoms with van der Waals surface area (Å²) in [4.78, 5) is 0. The van der Waals surface area contributed by atoms with Gasteiger partial charge in [0.15, 0.2) is 0 Å². The van der Waals surface area contributed by atoms with E-state index < -0.39 is 0 Å². The zero-order valence-corrected chi connectivity index (χ0v) is 9.97. The lowest BCUT2D eigenvalue weighted by Crippen LogP contribution is -2.61. The second kappa shape index (κ2) is 1.93. The van der Waals surface area contributed by atoms with E-state index in [2.05, 4.69) is 47.1 Å². The molecule has 0 aromatic rings. The van der Waals surface area contributed by atoms with Crippen molar-refractivity contribution in [2.45, 2.75) is 33.6 Å². The van der Waals surface area contributed by atoms with E-state index in [1.807, 2.05) is 0 Å². The minimum Gasteiger partial charge on any atom is -0.383 e. The molecule has 3 fully saturated rings. The Bertz CT molecular complexity index is 288. The third kappa shape index (κ3) is 0.622. The molecule has 2 spiro atoms. The third-order valence-electron chi connectivity index (χ3n) is 5.22. The minimum atomic E-state index is 0.0686. The second-order valence-electron chi connectivity index (χ2n) is 6.25. The summed E-state index contributed by atoms with van der Waals surface area (Å²) >= 11 is 0. The van der Waals surface area contributed by atoms with E-state index in [0.29, 0.717) is 11.6 Å². The van der Waals surface area contributed by atoms with Crippen LogP contribution in [0.5, 0.6) is 0 Å². The highest BCUT2D eigenvalue weighted by Gasteiger charge is 2.90. The third-order valence-corrected chi connectivity index (χ3v) is 5.22. The van der Waals surface area contributed by atoms with E-state index in [1.54, 1.807) is 0 Å². The first-order valence-corrected chi connectivity index (χ1v) is 5.63. The van der Waals surface area contributed by atoms with Crippen LogP contribution in [0.3, 0.4) is 0 Å². The fourth-order valence-corrected chi connectivity index (χ4v) is 4.52. The summed E-state index contributed by atoms with van der Waals surface area (Å²) in [5.74, 6) is 1.07. The van der Waals surface area contributed by atoms with Gasteiger partial charge >= 0.3 is 0 Å². The molecule has 0 unspecified atom stereocenters. The Kier molecular flexibility index (Phi) is 1.32. The van der Waals surface area contributed by atoms with Gasteiger partial charge in [-0.2, -0.15) is 0 Å². The van der Waals surface area contributed by atoms with Crippen molar-refractivity contribution in [3.05, 3.63) is 0 Å². The molecule has 68 valence electrons.